The van der Waals surface area contributed by atoms with Crippen molar-refractivity contribution in [2.24, 2.45) is 5.92 Å². The van der Waals surface area contributed by atoms with Crippen LogP contribution in [-0.4, -0.2) is 42.2 Å². The predicted molar refractivity (Wildman–Crippen MR) is 109 cm³/mol. The van der Waals surface area contributed by atoms with Gasteiger partial charge in [0.2, 0.25) is 11.8 Å². The quantitative estimate of drug-likeness (QED) is 0.627. The molecule has 33 heavy (non-hydrogen) atoms. The third kappa shape index (κ3) is 3.53. The fraction of sp³-hybridized carbons (Fsp3) is 0.476. The first-order valence-corrected chi connectivity index (χ1v) is 10.6. The summed E-state index contributed by atoms with van der Waals surface area (Å²) in [7, 11) is 0. The van der Waals surface area contributed by atoms with Crippen LogP contribution in [0.3, 0.4) is 0 Å². The van der Waals surface area contributed by atoms with Gasteiger partial charge in [-0.1, -0.05) is 12.1 Å². The largest absolute Gasteiger partial charge is 0.423 e. The zero-order valence-electron chi connectivity index (χ0n) is 18.2. The number of alkyl halides is 3. The summed E-state index contributed by atoms with van der Waals surface area (Å²) in [6, 6.07) is 2.98. The zero-order valence-corrected chi connectivity index (χ0v) is 18.2. The van der Waals surface area contributed by atoms with E-state index in [0.29, 0.717) is 36.2 Å². The van der Waals surface area contributed by atoms with Crippen LogP contribution in [0, 0.1) is 19.8 Å². The minimum atomic E-state index is -4.60. The molecule has 2 bridgehead atoms. The molecule has 2 fully saturated rings. The predicted octanol–water partition coefficient (Wildman–Crippen LogP) is 4.22. The van der Waals surface area contributed by atoms with Gasteiger partial charge in [0, 0.05) is 25.1 Å². The summed E-state index contributed by atoms with van der Waals surface area (Å²) in [6.45, 7) is 5.43. The monoisotopic (exact) mass is 461 g/mol. The molecule has 2 aliphatic rings. The summed E-state index contributed by atoms with van der Waals surface area (Å²) >= 11 is 0. The van der Waals surface area contributed by atoms with Gasteiger partial charge >= 0.3 is 12.2 Å². The minimum Gasteiger partial charge on any atom is -0.423 e. The Morgan fingerprint density at radius 1 is 1.21 bits per heavy atom. The van der Waals surface area contributed by atoms with E-state index in [9.17, 15) is 18.0 Å². The number of hydrogen-bond acceptors (Lipinski definition) is 6. The van der Waals surface area contributed by atoms with E-state index in [1.807, 2.05) is 0 Å². The van der Waals surface area contributed by atoms with Crippen LogP contribution in [0.15, 0.2) is 28.8 Å². The Kier molecular flexibility index (Phi) is 4.73. The molecule has 12 heteroatoms. The van der Waals surface area contributed by atoms with E-state index in [-0.39, 0.29) is 17.4 Å². The van der Waals surface area contributed by atoms with E-state index in [4.69, 9.17) is 4.42 Å². The van der Waals surface area contributed by atoms with Crippen molar-refractivity contribution in [1.82, 2.24) is 30.1 Å². The van der Waals surface area contributed by atoms with Gasteiger partial charge < -0.3 is 14.6 Å². The van der Waals surface area contributed by atoms with Gasteiger partial charge in [-0.2, -0.15) is 13.2 Å². The van der Waals surface area contributed by atoms with Crippen LogP contribution < -0.4 is 5.32 Å². The SMILES string of the molecule is Cc1cn(-c2cc(NC(=O)N3C4C[C@@H](C)CC3(c3nnc(C)o3)C4)ccc2C(F)(F)F)nn1. The molecule has 3 aromatic rings. The van der Waals surface area contributed by atoms with Crippen molar-refractivity contribution < 1.29 is 22.4 Å². The molecule has 2 amide bonds. The van der Waals surface area contributed by atoms with Gasteiger partial charge in [0.25, 0.3) is 0 Å². The Hall–Kier alpha value is -3.44. The lowest BCUT2D eigenvalue weighted by Crippen LogP contribution is -2.70. The number of carbonyl (C=O) groups is 1. The Morgan fingerprint density at radius 2 is 2.00 bits per heavy atom. The first-order valence-electron chi connectivity index (χ1n) is 10.6. The number of benzene rings is 1. The Morgan fingerprint density at radius 3 is 2.64 bits per heavy atom. The smallest absolute Gasteiger partial charge is 0.418 e. The number of nitrogens with one attached hydrogen (secondary N) is 1. The normalized spacial score (nSPS) is 24.5. The second-order valence-electron chi connectivity index (χ2n) is 8.90. The van der Waals surface area contributed by atoms with Gasteiger partial charge in [-0.25, -0.2) is 9.48 Å². The van der Waals surface area contributed by atoms with E-state index in [0.717, 1.165) is 17.2 Å². The molecule has 0 saturated carbocycles. The van der Waals surface area contributed by atoms with E-state index >= 15 is 0 Å². The first kappa shape index (κ1) is 21.4. The third-order valence-electron chi connectivity index (χ3n) is 6.31. The van der Waals surface area contributed by atoms with E-state index in [1.165, 1.54) is 18.3 Å². The van der Waals surface area contributed by atoms with Crippen LogP contribution in [0.25, 0.3) is 5.69 Å². The average molecular weight is 461 g/mol. The van der Waals surface area contributed by atoms with E-state index < -0.39 is 23.3 Å². The zero-order chi connectivity index (χ0) is 23.5. The van der Waals surface area contributed by atoms with Crippen LogP contribution in [0.1, 0.15) is 49.2 Å². The minimum absolute atomic E-state index is 0.00663. The van der Waals surface area contributed by atoms with E-state index in [2.05, 4.69) is 32.7 Å². The molecule has 3 atom stereocenters. The lowest BCUT2D eigenvalue weighted by atomic mass is 9.64. The van der Waals surface area contributed by atoms with Crippen molar-refractivity contribution >= 4 is 11.7 Å². The summed E-state index contributed by atoms with van der Waals surface area (Å²) in [5.41, 5.74) is -1.12. The van der Waals surface area contributed by atoms with Crippen LogP contribution in [0.5, 0.6) is 0 Å². The Labute approximate surface area is 187 Å². The molecule has 0 aliphatic carbocycles. The highest BCUT2D eigenvalue weighted by molar-refractivity contribution is 5.91. The molecule has 1 aromatic carbocycles. The van der Waals surface area contributed by atoms with Crippen molar-refractivity contribution in [3.05, 3.63) is 47.4 Å². The molecule has 0 spiro atoms. The van der Waals surface area contributed by atoms with Crippen molar-refractivity contribution in [2.75, 3.05) is 5.32 Å². The summed E-state index contributed by atoms with van der Waals surface area (Å²) in [5.74, 6) is 1.18. The molecule has 1 N–H and O–H groups in total. The molecule has 2 unspecified atom stereocenters. The van der Waals surface area contributed by atoms with Gasteiger partial charge in [0.1, 0.15) is 5.54 Å². The second kappa shape index (κ2) is 7.29. The second-order valence-corrected chi connectivity index (χ2v) is 8.90. The fourth-order valence-electron chi connectivity index (χ4n) is 5.12. The standard InChI is InChI=1S/C21H22F3N7O2/c1-11-6-15-9-20(8-11,18-28-27-13(3)33-18)31(15)19(32)25-14-4-5-16(21(22,23)24)17(7-14)30-10-12(2)26-29-30/h4-5,7,10-11,15H,6,8-9H2,1-3H3,(H,25,32)/t11-,15?,20?/m1/s1. The number of piperidine rings is 1. The highest BCUT2D eigenvalue weighted by Crippen LogP contribution is 2.55. The van der Waals surface area contributed by atoms with Gasteiger partial charge in [0.05, 0.1) is 23.1 Å². The number of urea groups is 1. The summed E-state index contributed by atoms with van der Waals surface area (Å²) in [6.07, 6.45) is -0.983. The van der Waals surface area contributed by atoms with Gasteiger partial charge in [0.15, 0.2) is 0 Å². The molecule has 0 radical (unpaired) electrons. The molecule has 5 rings (SSSR count). The lowest BCUT2D eigenvalue weighted by molar-refractivity contribution is -0.137. The number of rotatable bonds is 3. The van der Waals surface area contributed by atoms with Crippen LogP contribution in [-0.2, 0) is 11.7 Å². The molecule has 2 saturated heterocycles. The maximum absolute atomic E-state index is 13.6. The van der Waals surface area contributed by atoms with Crippen molar-refractivity contribution in [2.45, 2.75) is 57.8 Å². The number of carbonyl (C=O) groups excluding carboxylic acids is 1. The highest BCUT2D eigenvalue weighted by Gasteiger charge is 2.62. The first-order chi connectivity index (χ1) is 15.6. The summed E-state index contributed by atoms with van der Waals surface area (Å²) in [5, 5.41) is 18.4. The summed E-state index contributed by atoms with van der Waals surface area (Å²) < 4.78 is 47.5. The number of fused-ring (bicyclic) bond motifs is 2. The van der Waals surface area contributed by atoms with Crippen LogP contribution in [0.2, 0.25) is 0 Å². The number of halogens is 3. The third-order valence-corrected chi connectivity index (χ3v) is 6.31. The molecular weight excluding hydrogens is 439 g/mol. The average Bonchev–Trinajstić information content (AvgIpc) is 3.35. The Bertz CT molecular complexity index is 1220. The van der Waals surface area contributed by atoms with Crippen molar-refractivity contribution in [3.63, 3.8) is 0 Å². The van der Waals surface area contributed by atoms with Gasteiger partial charge in [-0.05, 0) is 43.9 Å². The maximum Gasteiger partial charge on any atom is 0.418 e. The molecule has 4 heterocycles. The molecular formula is C21H22F3N7O2. The fourth-order valence-corrected chi connectivity index (χ4v) is 5.12. The summed E-state index contributed by atoms with van der Waals surface area (Å²) in [4.78, 5) is 15.0. The number of hydrogen-bond donors (Lipinski definition) is 1. The maximum atomic E-state index is 13.6. The lowest BCUT2D eigenvalue weighted by Gasteiger charge is -2.61. The van der Waals surface area contributed by atoms with Crippen molar-refractivity contribution in [3.8, 4) is 5.69 Å². The number of anilines is 1. The Balaban J connectivity index is 1.46. The van der Waals surface area contributed by atoms with E-state index in [1.54, 1.807) is 18.7 Å². The number of nitrogens with zero attached hydrogens (tertiary/aromatic N) is 6. The number of aromatic nitrogens is 5. The highest BCUT2D eigenvalue weighted by atomic mass is 19.4. The van der Waals surface area contributed by atoms with Gasteiger partial charge in [-0.15, -0.1) is 15.3 Å². The van der Waals surface area contributed by atoms with Crippen LogP contribution >= 0.6 is 0 Å². The molecule has 2 aliphatic heterocycles. The molecule has 174 valence electrons. The molecule has 9 nitrogen and oxygen atoms in total. The van der Waals surface area contributed by atoms with Gasteiger partial charge in [-0.3, -0.25) is 0 Å². The topological polar surface area (TPSA) is 102 Å². The molecule has 2 aromatic heterocycles. The number of aryl methyl sites for hydroxylation is 2. The van der Waals surface area contributed by atoms with Crippen molar-refractivity contribution in [1.29, 1.82) is 0 Å². The van der Waals surface area contributed by atoms with Crippen LogP contribution in [0.4, 0.5) is 23.7 Å². The number of amides is 2.